The van der Waals surface area contributed by atoms with Crippen LogP contribution in [0.15, 0.2) is 109 Å². The number of amides is 1. The first-order chi connectivity index (χ1) is 20.6. The summed E-state index contributed by atoms with van der Waals surface area (Å²) < 4.78 is 16.7. The molecule has 0 heterocycles. The Morgan fingerprint density at radius 3 is 1.86 bits per heavy atom. The fourth-order valence-corrected chi connectivity index (χ4v) is 4.60. The summed E-state index contributed by atoms with van der Waals surface area (Å²) in [5.74, 6) is 1.15. The molecule has 6 heteroatoms. The van der Waals surface area contributed by atoms with Gasteiger partial charge in [0.1, 0.15) is 24.7 Å². The van der Waals surface area contributed by atoms with E-state index in [4.69, 9.17) is 14.2 Å². The SMILES string of the molecule is COC(=O)CCCCCCCN(C(=O)c1cccc(OCc2ccccc2)c1)c1ccc(OCc2ccccc2)cc1. The highest BCUT2D eigenvalue weighted by Crippen LogP contribution is 2.25. The molecule has 0 aliphatic heterocycles. The van der Waals surface area contributed by atoms with Crippen LogP contribution in [0.4, 0.5) is 5.69 Å². The second-order valence-electron chi connectivity index (χ2n) is 10.1. The van der Waals surface area contributed by atoms with Gasteiger partial charge in [-0.3, -0.25) is 9.59 Å². The molecule has 4 aromatic carbocycles. The number of rotatable bonds is 16. The zero-order chi connectivity index (χ0) is 29.4. The summed E-state index contributed by atoms with van der Waals surface area (Å²) in [6.07, 6.45) is 5.02. The van der Waals surface area contributed by atoms with E-state index in [1.165, 1.54) is 7.11 Å². The van der Waals surface area contributed by atoms with Crippen LogP contribution in [0.2, 0.25) is 0 Å². The zero-order valence-corrected chi connectivity index (χ0v) is 24.2. The van der Waals surface area contributed by atoms with E-state index >= 15 is 0 Å². The van der Waals surface area contributed by atoms with Crippen molar-refractivity contribution >= 4 is 17.6 Å². The van der Waals surface area contributed by atoms with Gasteiger partial charge in [0, 0.05) is 24.2 Å². The molecule has 0 aliphatic rings. The highest BCUT2D eigenvalue weighted by Gasteiger charge is 2.18. The Kier molecular flexibility index (Phi) is 12.0. The van der Waals surface area contributed by atoms with Crippen molar-refractivity contribution in [2.24, 2.45) is 0 Å². The van der Waals surface area contributed by atoms with Crippen molar-refractivity contribution in [3.05, 3.63) is 126 Å². The lowest BCUT2D eigenvalue weighted by molar-refractivity contribution is -0.140. The van der Waals surface area contributed by atoms with E-state index in [2.05, 4.69) is 0 Å². The molecular weight excluding hydrogens is 526 g/mol. The number of unbranched alkanes of at least 4 members (excludes halogenated alkanes) is 4. The van der Waals surface area contributed by atoms with Crippen molar-refractivity contribution in [3.8, 4) is 11.5 Å². The molecule has 0 fully saturated rings. The minimum Gasteiger partial charge on any atom is -0.489 e. The smallest absolute Gasteiger partial charge is 0.305 e. The first-order valence-corrected chi connectivity index (χ1v) is 14.5. The quantitative estimate of drug-likeness (QED) is 0.102. The predicted octanol–water partition coefficient (Wildman–Crippen LogP) is 8.01. The normalized spacial score (nSPS) is 10.6. The summed E-state index contributed by atoms with van der Waals surface area (Å²) in [5.41, 5.74) is 3.55. The monoisotopic (exact) mass is 565 g/mol. The lowest BCUT2D eigenvalue weighted by atomic mass is 10.1. The van der Waals surface area contributed by atoms with Crippen LogP contribution in [0.5, 0.6) is 11.5 Å². The highest BCUT2D eigenvalue weighted by atomic mass is 16.5. The molecule has 0 saturated heterocycles. The first-order valence-electron chi connectivity index (χ1n) is 14.5. The lowest BCUT2D eigenvalue weighted by Gasteiger charge is -2.24. The van der Waals surface area contributed by atoms with Crippen molar-refractivity contribution in [2.75, 3.05) is 18.6 Å². The molecule has 0 atom stereocenters. The fourth-order valence-electron chi connectivity index (χ4n) is 4.60. The van der Waals surface area contributed by atoms with Gasteiger partial charge in [-0.2, -0.15) is 0 Å². The number of hydrogen-bond donors (Lipinski definition) is 0. The number of methoxy groups -OCH3 is 1. The fraction of sp³-hybridized carbons (Fsp3) is 0.278. The third-order valence-corrected chi connectivity index (χ3v) is 6.96. The van der Waals surface area contributed by atoms with E-state index in [1.54, 1.807) is 0 Å². The Balaban J connectivity index is 1.41. The molecule has 0 radical (unpaired) electrons. The number of ether oxygens (including phenoxy) is 3. The maximum atomic E-state index is 13.8. The molecule has 218 valence electrons. The third-order valence-electron chi connectivity index (χ3n) is 6.96. The Morgan fingerprint density at radius 1 is 0.619 bits per heavy atom. The van der Waals surface area contributed by atoms with Gasteiger partial charge >= 0.3 is 5.97 Å². The van der Waals surface area contributed by atoms with Crippen LogP contribution < -0.4 is 14.4 Å². The number of carbonyl (C=O) groups excluding carboxylic acids is 2. The molecule has 0 spiro atoms. The van der Waals surface area contributed by atoms with Crippen LogP contribution in [0.25, 0.3) is 0 Å². The third kappa shape index (κ3) is 9.81. The van der Waals surface area contributed by atoms with E-state index in [-0.39, 0.29) is 11.9 Å². The van der Waals surface area contributed by atoms with Gasteiger partial charge in [-0.1, -0.05) is 86.0 Å². The van der Waals surface area contributed by atoms with Gasteiger partial charge in [-0.05, 0) is 66.4 Å². The van der Waals surface area contributed by atoms with Crippen molar-refractivity contribution in [3.63, 3.8) is 0 Å². The second-order valence-corrected chi connectivity index (χ2v) is 10.1. The maximum Gasteiger partial charge on any atom is 0.305 e. The molecule has 1 amide bonds. The van der Waals surface area contributed by atoms with Gasteiger partial charge in [0.25, 0.3) is 5.91 Å². The van der Waals surface area contributed by atoms with E-state index in [0.717, 1.165) is 54.7 Å². The van der Waals surface area contributed by atoms with Crippen molar-refractivity contribution in [2.45, 2.75) is 51.7 Å². The maximum absolute atomic E-state index is 13.8. The molecule has 0 bridgehead atoms. The standard InChI is InChI=1S/C36H39NO5/c1-40-35(38)20-11-3-2-4-12-25-37(32-21-23-33(24-22-32)41-27-29-14-7-5-8-15-29)36(39)31-18-13-19-34(26-31)42-28-30-16-9-6-10-17-30/h5-10,13-19,21-24,26H,2-4,11-12,20,25,27-28H2,1H3. The summed E-state index contributed by atoms with van der Waals surface area (Å²) in [6, 6.07) is 35.0. The van der Waals surface area contributed by atoms with E-state index < -0.39 is 0 Å². The van der Waals surface area contributed by atoms with E-state index in [9.17, 15) is 9.59 Å². The number of hydrogen-bond acceptors (Lipinski definition) is 5. The van der Waals surface area contributed by atoms with Gasteiger partial charge in [-0.15, -0.1) is 0 Å². The van der Waals surface area contributed by atoms with Gasteiger partial charge in [0.2, 0.25) is 0 Å². The molecule has 0 aliphatic carbocycles. The predicted molar refractivity (Wildman–Crippen MR) is 166 cm³/mol. The van der Waals surface area contributed by atoms with Gasteiger partial charge < -0.3 is 19.1 Å². The Morgan fingerprint density at radius 2 is 1.21 bits per heavy atom. The molecule has 0 aromatic heterocycles. The number of carbonyl (C=O) groups is 2. The molecular formula is C36H39NO5. The molecule has 0 N–H and O–H groups in total. The number of nitrogens with zero attached hydrogens (tertiary/aromatic N) is 1. The van der Waals surface area contributed by atoms with Crippen LogP contribution in [-0.2, 0) is 22.7 Å². The Bertz CT molecular complexity index is 1370. The number of esters is 1. The summed E-state index contributed by atoms with van der Waals surface area (Å²) in [5, 5.41) is 0. The Labute approximate surface area is 248 Å². The molecule has 42 heavy (non-hydrogen) atoms. The number of anilines is 1. The molecule has 4 aromatic rings. The van der Waals surface area contributed by atoms with Crippen molar-refractivity contribution in [1.82, 2.24) is 0 Å². The molecule has 6 nitrogen and oxygen atoms in total. The van der Waals surface area contributed by atoms with Gasteiger partial charge in [0.05, 0.1) is 7.11 Å². The summed E-state index contributed by atoms with van der Waals surface area (Å²) in [6.45, 7) is 1.49. The Hall–Kier alpha value is -4.58. The molecule has 0 saturated carbocycles. The molecule has 4 rings (SSSR count). The molecule has 0 unspecified atom stereocenters. The number of benzene rings is 4. The van der Waals surface area contributed by atoms with Crippen molar-refractivity contribution < 1.29 is 23.8 Å². The van der Waals surface area contributed by atoms with Gasteiger partial charge in [-0.25, -0.2) is 0 Å². The minimum atomic E-state index is -0.169. The van der Waals surface area contributed by atoms with Crippen LogP contribution in [0, 0.1) is 0 Å². The average Bonchev–Trinajstić information content (AvgIpc) is 3.05. The van der Waals surface area contributed by atoms with E-state index in [1.807, 2.05) is 114 Å². The van der Waals surface area contributed by atoms with Crippen LogP contribution in [0.3, 0.4) is 0 Å². The van der Waals surface area contributed by atoms with Gasteiger partial charge in [0.15, 0.2) is 0 Å². The van der Waals surface area contributed by atoms with E-state index in [0.29, 0.717) is 37.5 Å². The van der Waals surface area contributed by atoms with Crippen molar-refractivity contribution in [1.29, 1.82) is 0 Å². The summed E-state index contributed by atoms with van der Waals surface area (Å²) in [7, 11) is 1.42. The first kappa shape index (κ1) is 30.4. The topological polar surface area (TPSA) is 65.1 Å². The summed E-state index contributed by atoms with van der Waals surface area (Å²) in [4.78, 5) is 27.0. The average molecular weight is 566 g/mol. The van der Waals surface area contributed by atoms with Crippen LogP contribution in [-0.4, -0.2) is 25.5 Å². The largest absolute Gasteiger partial charge is 0.489 e. The second kappa shape index (κ2) is 16.6. The highest BCUT2D eigenvalue weighted by molar-refractivity contribution is 6.06. The zero-order valence-electron chi connectivity index (χ0n) is 24.2. The minimum absolute atomic E-state index is 0.0798. The van der Waals surface area contributed by atoms with Crippen LogP contribution >= 0.6 is 0 Å². The lowest BCUT2D eigenvalue weighted by Crippen LogP contribution is -2.32. The summed E-state index contributed by atoms with van der Waals surface area (Å²) >= 11 is 0. The van der Waals surface area contributed by atoms with Crippen LogP contribution in [0.1, 0.15) is 60.0 Å².